The predicted molar refractivity (Wildman–Crippen MR) is 62.3 cm³/mol. The average molecular weight is 213 g/mol. The lowest BCUT2D eigenvalue weighted by Crippen LogP contribution is -2.23. The molecule has 1 unspecified atom stereocenters. The van der Waals surface area contributed by atoms with Crippen molar-refractivity contribution < 1.29 is 0 Å². The first-order chi connectivity index (χ1) is 7.65. The van der Waals surface area contributed by atoms with E-state index >= 15 is 0 Å². The molecular formula is C13H15N3. The van der Waals surface area contributed by atoms with E-state index in [0.717, 1.165) is 18.7 Å². The zero-order chi connectivity index (χ0) is 12.0. The summed E-state index contributed by atoms with van der Waals surface area (Å²) in [6.45, 7) is 3.48. The van der Waals surface area contributed by atoms with Crippen molar-refractivity contribution in [2.45, 2.75) is 13.5 Å². The van der Waals surface area contributed by atoms with Crippen molar-refractivity contribution in [1.29, 1.82) is 10.5 Å². The Kier molecular flexibility index (Phi) is 4.51. The van der Waals surface area contributed by atoms with Gasteiger partial charge in [-0.15, -0.1) is 0 Å². The Morgan fingerprint density at radius 1 is 1.25 bits per heavy atom. The second kappa shape index (κ2) is 5.90. The molecule has 0 amide bonds. The van der Waals surface area contributed by atoms with Crippen LogP contribution in [0.1, 0.15) is 18.1 Å². The first kappa shape index (κ1) is 12.2. The highest BCUT2D eigenvalue weighted by atomic mass is 15.1. The molecule has 0 bridgehead atoms. The lowest BCUT2D eigenvalue weighted by atomic mass is 10.1. The first-order valence-electron chi connectivity index (χ1n) is 5.23. The van der Waals surface area contributed by atoms with Gasteiger partial charge in [-0.05, 0) is 31.7 Å². The van der Waals surface area contributed by atoms with E-state index in [4.69, 9.17) is 10.5 Å². The van der Waals surface area contributed by atoms with Gasteiger partial charge in [-0.25, -0.2) is 0 Å². The van der Waals surface area contributed by atoms with Gasteiger partial charge < -0.3 is 4.90 Å². The van der Waals surface area contributed by atoms with Crippen LogP contribution in [-0.2, 0) is 6.54 Å². The van der Waals surface area contributed by atoms with Crippen molar-refractivity contribution in [3.8, 4) is 12.1 Å². The normalized spacial score (nSPS) is 11.8. The van der Waals surface area contributed by atoms with Crippen LogP contribution in [0, 0.1) is 28.6 Å². The van der Waals surface area contributed by atoms with Crippen molar-refractivity contribution in [2.75, 3.05) is 13.6 Å². The molecule has 3 heteroatoms. The Morgan fingerprint density at radius 3 is 2.38 bits per heavy atom. The van der Waals surface area contributed by atoms with Gasteiger partial charge in [-0.2, -0.15) is 10.5 Å². The van der Waals surface area contributed by atoms with Crippen molar-refractivity contribution in [3.63, 3.8) is 0 Å². The number of rotatable bonds is 4. The van der Waals surface area contributed by atoms with Crippen LogP contribution in [-0.4, -0.2) is 18.5 Å². The summed E-state index contributed by atoms with van der Waals surface area (Å²) in [6, 6.07) is 11.8. The summed E-state index contributed by atoms with van der Waals surface area (Å²) in [7, 11) is 1.99. The van der Waals surface area contributed by atoms with Crippen molar-refractivity contribution in [2.24, 2.45) is 5.92 Å². The van der Waals surface area contributed by atoms with Gasteiger partial charge in [0.25, 0.3) is 0 Å². The lowest BCUT2D eigenvalue weighted by molar-refractivity contribution is 0.303. The highest BCUT2D eigenvalue weighted by molar-refractivity contribution is 5.31. The Morgan fingerprint density at radius 2 is 1.88 bits per heavy atom. The molecule has 0 aliphatic carbocycles. The molecule has 0 aromatic heterocycles. The summed E-state index contributed by atoms with van der Waals surface area (Å²) in [6.07, 6.45) is 0. The molecule has 0 radical (unpaired) electrons. The standard InChI is InChI=1S/C13H15N3/c1-11(7-14)9-16(2)10-13-5-3-12(8-15)4-6-13/h3-6,11H,9-10H2,1-2H3. The van der Waals surface area contributed by atoms with Gasteiger partial charge in [-0.3, -0.25) is 0 Å². The zero-order valence-electron chi connectivity index (χ0n) is 9.64. The Hall–Kier alpha value is -1.84. The SMILES string of the molecule is CC(C#N)CN(C)Cc1ccc(C#N)cc1. The minimum atomic E-state index is 0.0448. The summed E-state index contributed by atoms with van der Waals surface area (Å²) in [5.74, 6) is 0.0448. The first-order valence-corrected chi connectivity index (χ1v) is 5.23. The number of nitriles is 2. The van der Waals surface area contributed by atoms with Crippen LogP contribution in [0.3, 0.4) is 0 Å². The van der Waals surface area contributed by atoms with Crippen LogP contribution in [0.25, 0.3) is 0 Å². The largest absolute Gasteiger partial charge is 0.301 e. The monoisotopic (exact) mass is 213 g/mol. The van der Waals surface area contributed by atoms with Crippen LogP contribution >= 0.6 is 0 Å². The third-order valence-corrected chi connectivity index (χ3v) is 2.34. The zero-order valence-corrected chi connectivity index (χ0v) is 9.64. The van der Waals surface area contributed by atoms with Gasteiger partial charge in [0.1, 0.15) is 0 Å². The molecular weight excluding hydrogens is 198 g/mol. The van der Waals surface area contributed by atoms with E-state index in [9.17, 15) is 0 Å². The maximum absolute atomic E-state index is 8.71. The number of hydrogen-bond donors (Lipinski definition) is 0. The quantitative estimate of drug-likeness (QED) is 0.770. The van der Waals surface area contributed by atoms with Crippen LogP contribution in [0.15, 0.2) is 24.3 Å². The summed E-state index contributed by atoms with van der Waals surface area (Å²) < 4.78 is 0. The molecule has 82 valence electrons. The number of benzene rings is 1. The number of hydrogen-bond acceptors (Lipinski definition) is 3. The fourth-order valence-corrected chi connectivity index (χ4v) is 1.57. The third-order valence-electron chi connectivity index (χ3n) is 2.34. The molecule has 0 fully saturated rings. The molecule has 16 heavy (non-hydrogen) atoms. The Labute approximate surface area is 96.5 Å². The molecule has 0 spiro atoms. The predicted octanol–water partition coefficient (Wildman–Crippen LogP) is 2.15. The fourth-order valence-electron chi connectivity index (χ4n) is 1.57. The van der Waals surface area contributed by atoms with E-state index in [1.807, 2.05) is 38.2 Å². The Balaban J connectivity index is 2.54. The highest BCUT2D eigenvalue weighted by Crippen LogP contribution is 2.07. The summed E-state index contributed by atoms with van der Waals surface area (Å²) in [4.78, 5) is 2.11. The molecule has 0 aliphatic heterocycles. The molecule has 0 saturated carbocycles. The van der Waals surface area contributed by atoms with Gasteiger partial charge >= 0.3 is 0 Å². The second-order valence-electron chi connectivity index (χ2n) is 4.04. The highest BCUT2D eigenvalue weighted by Gasteiger charge is 2.05. The lowest BCUT2D eigenvalue weighted by Gasteiger charge is -2.17. The van der Waals surface area contributed by atoms with E-state index in [1.54, 1.807) is 0 Å². The van der Waals surface area contributed by atoms with Crippen LogP contribution in [0.5, 0.6) is 0 Å². The third kappa shape index (κ3) is 3.73. The van der Waals surface area contributed by atoms with Crippen LogP contribution < -0.4 is 0 Å². The van der Waals surface area contributed by atoms with Gasteiger partial charge in [0.2, 0.25) is 0 Å². The van der Waals surface area contributed by atoms with Gasteiger partial charge in [0, 0.05) is 13.1 Å². The number of nitrogens with zero attached hydrogens (tertiary/aromatic N) is 3. The molecule has 1 aromatic rings. The van der Waals surface area contributed by atoms with Crippen LogP contribution in [0.2, 0.25) is 0 Å². The summed E-state index contributed by atoms with van der Waals surface area (Å²) in [5.41, 5.74) is 1.84. The molecule has 0 saturated heterocycles. The van der Waals surface area contributed by atoms with Crippen LogP contribution in [0.4, 0.5) is 0 Å². The van der Waals surface area contributed by atoms with E-state index in [2.05, 4.69) is 17.0 Å². The van der Waals surface area contributed by atoms with Gasteiger partial charge in [0.05, 0.1) is 23.6 Å². The molecule has 1 rings (SSSR count). The van der Waals surface area contributed by atoms with Crippen molar-refractivity contribution in [3.05, 3.63) is 35.4 Å². The Bertz CT molecular complexity index is 408. The van der Waals surface area contributed by atoms with E-state index in [0.29, 0.717) is 5.56 Å². The minimum absolute atomic E-state index is 0.0448. The molecule has 1 atom stereocenters. The second-order valence-corrected chi connectivity index (χ2v) is 4.04. The average Bonchev–Trinajstić information content (AvgIpc) is 2.29. The van der Waals surface area contributed by atoms with Gasteiger partial charge in [-0.1, -0.05) is 12.1 Å². The molecule has 3 nitrogen and oxygen atoms in total. The molecule has 0 aliphatic rings. The minimum Gasteiger partial charge on any atom is -0.301 e. The summed E-state index contributed by atoms with van der Waals surface area (Å²) >= 11 is 0. The van der Waals surface area contributed by atoms with Crippen molar-refractivity contribution in [1.82, 2.24) is 4.90 Å². The molecule has 0 N–H and O–H groups in total. The molecule has 0 heterocycles. The molecule has 1 aromatic carbocycles. The smallest absolute Gasteiger partial charge is 0.0991 e. The van der Waals surface area contributed by atoms with Crippen molar-refractivity contribution >= 4 is 0 Å². The fraction of sp³-hybridized carbons (Fsp3) is 0.385. The maximum atomic E-state index is 8.71. The van der Waals surface area contributed by atoms with Gasteiger partial charge in [0.15, 0.2) is 0 Å². The van der Waals surface area contributed by atoms with E-state index < -0.39 is 0 Å². The van der Waals surface area contributed by atoms with E-state index in [1.165, 1.54) is 0 Å². The maximum Gasteiger partial charge on any atom is 0.0991 e. The van der Waals surface area contributed by atoms with E-state index in [-0.39, 0.29) is 5.92 Å². The topological polar surface area (TPSA) is 50.8 Å². The summed E-state index contributed by atoms with van der Waals surface area (Å²) in [5, 5.41) is 17.4.